The van der Waals surface area contributed by atoms with Crippen molar-refractivity contribution in [3.8, 4) is 0 Å². The molecule has 0 amide bonds. The number of likely N-dealkylation sites (tertiary alicyclic amines) is 1. The maximum atomic E-state index is 12.4. The standard InChI is InChI=1S/C14H19Cl2N3O2S.C2H4O2/c1-18(2)13-8-22(20,21)14-7-19(6-10(13)14)5-9-11(15)3-17-4-12(9)16;1-2(3)4/h3-4,10,13-14H,5-8H2,1-2H3;1H3,(H,3,4)/t10-,13+,14-;/m0./s1. The number of aliphatic carboxylic acids is 1. The zero-order valence-electron chi connectivity index (χ0n) is 14.9. The lowest BCUT2D eigenvalue weighted by atomic mass is 10.00. The highest BCUT2D eigenvalue weighted by molar-refractivity contribution is 7.92. The number of carbonyl (C=O) groups is 1. The van der Waals surface area contributed by atoms with Gasteiger partial charge in [0, 0.05) is 56.5 Å². The summed E-state index contributed by atoms with van der Waals surface area (Å²) in [5, 5.41) is 8.19. The molecule has 2 aliphatic rings. The molecule has 3 rings (SSSR count). The first kappa shape index (κ1) is 21.4. The average molecular weight is 424 g/mol. The number of nitrogens with zero attached hydrogens (tertiary/aromatic N) is 3. The van der Waals surface area contributed by atoms with Crippen LogP contribution in [0.3, 0.4) is 0 Å². The van der Waals surface area contributed by atoms with Gasteiger partial charge in [-0.3, -0.25) is 14.7 Å². The van der Waals surface area contributed by atoms with Gasteiger partial charge in [-0.2, -0.15) is 0 Å². The minimum Gasteiger partial charge on any atom is -0.481 e. The van der Waals surface area contributed by atoms with Crippen LogP contribution in [0.4, 0.5) is 0 Å². The summed E-state index contributed by atoms with van der Waals surface area (Å²) in [7, 11) is 0.867. The zero-order chi connectivity index (χ0) is 19.6. The van der Waals surface area contributed by atoms with Crippen molar-refractivity contribution in [1.82, 2.24) is 14.8 Å². The molecule has 2 fully saturated rings. The molecule has 3 atom stereocenters. The van der Waals surface area contributed by atoms with Crippen LogP contribution in [0, 0.1) is 5.92 Å². The van der Waals surface area contributed by atoms with Gasteiger partial charge in [0.1, 0.15) is 0 Å². The molecule has 0 radical (unpaired) electrons. The molecule has 26 heavy (non-hydrogen) atoms. The first-order valence-electron chi connectivity index (χ1n) is 8.10. The molecule has 1 N–H and O–H groups in total. The van der Waals surface area contributed by atoms with Crippen molar-refractivity contribution < 1.29 is 18.3 Å². The third-order valence-corrected chi connectivity index (χ3v) is 7.62. The minimum atomic E-state index is -3.03. The summed E-state index contributed by atoms with van der Waals surface area (Å²) in [6, 6.07) is 0.0865. The predicted octanol–water partition coefficient (Wildman–Crippen LogP) is 1.64. The summed E-state index contributed by atoms with van der Waals surface area (Å²) in [6.07, 6.45) is 3.14. The summed E-state index contributed by atoms with van der Waals surface area (Å²) in [5.74, 6) is -0.417. The minimum absolute atomic E-state index is 0.0865. The van der Waals surface area contributed by atoms with Gasteiger partial charge in [0.25, 0.3) is 5.97 Å². The van der Waals surface area contributed by atoms with Crippen LogP contribution in [-0.4, -0.2) is 78.5 Å². The topological polar surface area (TPSA) is 90.8 Å². The fourth-order valence-corrected chi connectivity index (χ4v) is 6.58. The maximum absolute atomic E-state index is 12.4. The molecule has 10 heteroatoms. The van der Waals surface area contributed by atoms with Crippen LogP contribution in [-0.2, 0) is 21.2 Å². The van der Waals surface area contributed by atoms with Crippen molar-refractivity contribution in [3.63, 3.8) is 0 Å². The molecule has 0 saturated carbocycles. The number of carboxylic acids is 1. The van der Waals surface area contributed by atoms with E-state index in [-0.39, 0.29) is 23.0 Å². The second-order valence-corrected chi connectivity index (χ2v) is 9.94. The summed E-state index contributed by atoms with van der Waals surface area (Å²) in [4.78, 5) is 17.1. The Morgan fingerprint density at radius 2 is 1.85 bits per heavy atom. The van der Waals surface area contributed by atoms with Crippen molar-refractivity contribution in [2.45, 2.75) is 24.8 Å². The Labute approximate surface area is 163 Å². The Morgan fingerprint density at radius 3 is 2.35 bits per heavy atom. The predicted molar refractivity (Wildman–Crippen MR) is 101 cm³/mol. The van der Waals surface area contributed by atoms with Crippen molar-refractivity contribution in [2.24, 2.45) is 5.92 Å². The zero-order valence-corrected chi connectivity index (χ0v) is 17.2. The van der Waals surface area contributed by atoms with Crippen molar-refractivity contribution in [2.75, 3.05) is 32.9 Å². The maximum Gasteiger partial charge on any atom is 0.300 e. The van der Waals surface area contributed by atoms with E-state index in [1.54, 1.807) is 12.4 Å². The van der Waals surface area contributed by atoms with Gasteiger partial charge in [-0.05, 0) is 14.1 Å². The van der Waals surface area contributed by atoms with Crippen LogP contribution in [0.5, 0.6) is 0 Å². The highest BCUT2D eigenvalue weighted by Gasteiger charge is 2.52. The van der Waals surface area contributed by atoms with Gasteiger partial charge in [-0.15, -0.1) is 0 Å². The van der Waals surface area contributed by atoms with E-state index in [9.17, 15) is 8.42 Å². The number of pyridine rings is 1. The van der Waals surface area contributed by atoms with Gasteiger partial charge in [0.15, 0.2) is 9.84 Å². The lowest BCUT2D eigenvalue weighted by Crippen LogP contribution is -2.37. The number of halogens is 2. The quantitative estimate of drug-likeness (QED) is 0.789. The van der Waals surface area contributed by atoms with E-state index in [1.807, 2.05) is 19.0 Å². The number of rotatable bonds is 3. The summed E-state index contributed by atoms with van der Waals surface area (Å²) < 4.78 is 24.7. The van der Waals surface area contributed by atoms with Gasteiger partial charge in [0.2, 0.25) is 0 Å². The normalized spacial score (nSPS) is 27.1. The smallest absolute Gasteiger partial charge is 0.300 e. The molecule has 7 nitrogen and oxygen atoms in total. The Balaban J connectivity index is 0.000000552. The van der Waals surface area contributed by atoms with Gasteiger partial charge < -0.3 is 10.0 Å². The molecule has 0 aromatic carbocycles. The summed E-state index contributed by atoms with van der Waals surface area (Å²) >= 11 is 12.3. The molecule has 0 bridgehead atoms. The van der Waals surface area contributed by atoms with Crippen LogP contribution >= 0.6 is 23.2 Å². The fraction of sp³-hybridized carbons (Fsp3) is 0.625. The molecule has 1 aromatic heterocycles. The van der Waals surface area contributed by atoms with Crippen molar-refractivity contribution in [1.29, 1.82) is 0 Å². The van der Waals surface area contributed by atoms with E-state index in [2.05, 4.69) is 9.88 Å². The van der Waals surface area contributed by atoms with Gasteiger partial charge in [-0.1, -0.05) is 23.2 Å². The van der Waals surface area contributed by atoms with E-state index in [4.69, 9.17) is 33.1 Å². The number of carboxylic acid groups (broad SMARTS) is 1. The first-order valence-corrected chi connectivity index (χ1v) is 10.6. The molecule has 1 aromatic rings. The second-order valence-electron chi connectivity index (χ2n) is 6.86. The van der Waals surface area contributed by atoms with E-state index in [0.29, 0.717) is 23.1 Å². The molecular formula is C16H23Cl2N3O4S. The number of fused-ring (bicyclic) bond motifs is 1. The summed E-state index contributed by atoms with van der Waals surface area (Å²) in [6.45, 7) is 2.94. The van der Waals surface area contributed by atoms with E-state index < -0.39 is 15.8 Å². The third kappa shape index (κ3) is 4.86. The van der Waals surface area contributed by atoms with Gasteiger partial charge in [-0.25, -0.2) is 8.42 Å². The third-order valence-electron chi connectivity index (χ3n) is 4.74. The molecule has 2 saturated heterocycles. The molecule has 0 unspecified atom stereocenters. The number of sulfone groups is 1. The Kier molecular flexibility index (Phi) is 6.90. The first-order chi connectivity index (χ1) is 12.0. The Hall–Kier alpha value is -0.930. The van der Waals surface area contributed by atoms with Gasteiger partial charge in [0.05, 0.1) is 21.0 Å². The highest BCUT2D eigenvalue weighted by atomic mass is 35.5. The van der Waals surface area contributed by atoms with Crippen LogP contribution in [0.2, 0.25) is 10.0 Å². The van der Waals surface area contributed by atoms with E-state index in [0.717, 1.165) is 19.0 Å². The lowest BCUT2D eigenvalue weighted by Gasteiger charge is -2.25. The van der Waals surface area contributed by atoms with Crippen molar-refractivity contribution >= 4 is 39.0 Å². The fourth-order valence-electron chi connectivity index (χ4n) is 3.59. The monoisotopic (exact) mass is 423 g/mol. The Bertz CT molecular complexity index is 749. The number of hydrogen-bond acceptors (Lipinski definition) is 6. The Morgan fingerprint density at radius 1 is 1.31 bits per heavy atom. The van der Waals surface area contributed by atoms with Crippen LogP contribution in [0.1, 0.15) is 12.5 Å². The molecule has 146 valence electrons. The molecular weight excluding hydrogens is 401 g/mol. The van der Waals surface area contributed by atoms with Crippen LogP contribution in [0.15, 0.2) is 12.4 Å². The van der Waals surface area contributed by atoms with E-state index in [1.165, 1.54) is 0 Å². The average Bonchev–Trinajstić information content (AvgIpc) is 3.02. The number of hydrogen-bond donors (Lipinski definition) is 1. The molecule has 3 heterocycles. The van der Waals surface area contributed by atoms with Crippen LogP contribution in [0.25, 0.3) is 0 Å². The molecule has 0 spiro atoms. The number of aromatic nitrogens is 1. The summed E-state index contributed by atoms with van der Waals surface area (Å²) in [5.41, 5.74) is 0.817. The second kappa shape index (κ2) is 8.39. The lowest BCUT2D eigenvalue weighted by molar-refractivity contribution is -0.134. The van der Waals surface area contributed by atoms with E-state index >= 15 is 0 Å². The highest BCUT2D eigenvalue weighted by Crippen LogP contribution is 2.37. The largest absolute Gasteiger partial charge is 0.481 e. The molecule has 0 aliphatic carbocycles. The van der Waals surface area contributed by atoms with Gasteiger partial charge >= 0.3 is 0 Å². The van der Waals surface area contributed by atoms with Crippen molar-refractivity contribution in [3.05, 3.63) is 28.0 Å². The SMILES string of the molecule is CC(=O)O.CN(C)[C@@H]1CS(=O)(=O)[C@H]2CN(Cc3c(Cl)cncc3Cl)C[C@@H]12. The molecule has 2 aliphatic heterocycles. The van der Waals surface area contributed by atoms with Crippen LogP contribution < -0.4 is 0 Å².